The maximum atomic E-state index is 12.5. The van der Waals surface area contributed by atoms with Gasteiger partial charge in [0.25, 0.3) is 0 Å². The Balaban J connectivity index is 1.56. The summed E-state index contributed by atoms with van der Waals surface area (Å²) >= 11 is 0. The lowest BCUT2D eigenvalue weighted by Crippen LogP contribution is -2.57. The molecule has 3 rings (SSSR count). The summed E-state index contributed by atoms with van der Waals surface area (Å²) in [5, 5.41) is 2.99. The van der Waals surface area contributed by atoms with Gasteiger partial charge >= 0.3 is 6.03 Å². The van der Waals surface area contributed by atoms with E-state index in [1.807, 2.05) is 18.2 Å². The standard InChI is InChI=1S/C17H22N4O4/c1-25-14-4-2-3-11-7-12(8-13(11)14)19-17(24)21-6-5-20(9-15(18)22)16(23)10-21/h2-4,12H,5-10H2,1H3,(H2,18,22)(H,19,24). The van der Waals surface area contributed by atoms with E-state index in [4.69, 9.17) is 10.5 Å². The van der Waals surface area contributed by atoms with Gasteiger partial charge in [0.1, 0.15) is 12.3 Å². The minimum atomic E-state index is -0.552. The third-order valence-corrected chi connectivity index (χ3v) is 4.65. The predicted octanol–water partition coefficient (Wildman–Crippen LogP) is -0.498. The van der Waals surface area contributed by atoms with Gasteiger partial charge in [-0.25, -0.2) is 4.79 Å². The SMILES string of the molecule is COc1cccc2c1CC(NC(=O)N1CCN(CC(N)=O)C(=O)C1)C2. The van der Waals surface area contributed by atoms with Gasteiger partial charge < -0.3 is 25.6 Å². The summed E-state index contributed by atoms with van der Waals surface area (Å²) < 4.78 is 5.37. The molecule has 1 saturated heterocycles. The number of carbonyl (C=O) groups excluding carboxylic acids is 3. The topological polar surface area (TPSA) is 105 Å². The van der Waals surface area contributed by atoms with Gasteiger partial charge in [0.2, 0.25) is 11.8 Å². The van der Waals surface area contributed by atoms with E-state index >= 15 is 0 Å². The molecule has 1 atom stereocenters. The molecular weight excluding hydrogens is 324 g/mol. The molecule has 134 valence electrons. The molecule has 1 aromatic carbocycles. The number of carbonyl (C=O) groups is 3. The fraction of sp³-hybridized carbons (Fsp3) is 0.471. The smallest absolute Gasteiger partial charge is 0.318 e. The number of ether oxygens (including phenoxy) is 1. The molecule has 1 fully saturated rings. The zero-order valence-electron chi connectivity index (χ0n) is 14.2. The maximum Gasteiger partial charge on any atom is 0.318 e. The van der Waals surface area contributed by atoms with Crippen LogP contribution in [-0.2, 0) is 22.4 Å². The number of methoxy groups -OCH3 is 1. The highest BCUT2D eigenvalue weighted by Gasteiger charge is 2.31. The first-order valence-corrected chi connectivity index (χ1v) is 8.24. The maximum absolute atomic E-state index is 12.5. The van der Waals surface area contributed by atoms with E-state index in [-0.39, 0.29) is 31.1 Å². The van der Waals surface area contributed by atoms with E-state index in [9.17, 15) is 14.4 Å². The van der Waals surface area contributed by atoms with Gasteiger partial charge in [-0.3, -0.25) is 9.59 Å². The Labute approximate surface area is 145 Å². The second-order valence-electron chi connectivity index (χ2n) is 6.36. The number of rotatable bonds is 4. The van der Waals surface area contributed by atoms with E-state index in [1.54, 1.807) is 7.11 Å². The highest BCUT2D eigenvalue weighted by Crippen LogP contribution is 2.30. The molecule has 0 aromatic heterocycles. The normalized spacial score (nSPS) is 19.6. The highest BCUT2D eigenvalue weighted by atomic mass is 16.5. The Morgan fingerprint density at radius 1 is 1.32 bits per heavy atom. The number of nitrogens with one attached hydrogen (secondary N) is 1. The summed E-state index contributed by atoms with van der Waals surface area (Å²) in [5.41, 5.74) is 7.41. The number of hydrogen-bond donors (Lipinski definition) is 2. The fourth-order valence-corrected chi connectivity index (χ4v) is 3.41. The lowest BCUT2D eigenvalue weighted by molar-refractivity contribution is -0.138. The number of amides is 4. The average molecular weight is 346 g/mol. The molecule has 3 N–H and O–H groups in total. The molecule has 4 amide bonds. The van der Waals surface area contributed by atoms with Crippen LogP contribution in [-0.4, -0.2) is 67.0 Å². The zero-order valence-corrected chi connectivity index (χ0v) is 14.2. The summed E-state index contributed by atoms with van der Waals surface area (Å²) in [7, 11) is 1.64. The number of nitrogens with two attached hydrogens (primary N) is 1. The van der Waals surface area contributed by atoms with Gasteiger partial charge in [-0.05, 0) is 30.0 Å². The summed E-state index contributed by atoms with van der Waals surface area (Å²) in [6.45, 7) is 0.551. The van der Waals surface area contributed by atoms with Crippen molar-refractivity contribution in [3.05, 3.63) is 29.3 Å². The van der Waals surface area contributed by atoms with E-state index < -0.39 is 5.91 Å². The molecular formula is C17H22N4O4. The van der Waals surface area contributed by atoms with Crippen molar-refractivity contribution in [2.75, 3.05) is 33.3 Å². The molecule has 1 heterocycles. The van der Waals surface area contributed by atoms with E-state index in [0.717, 1.165) is 17.7 Å². The van der Waals surface area contributed by atoms with Crippen LogP contribution >= 0.6 is 0 Å². The van der Waals surface area contributed by atoms with E-state index in [2.05, 4.69) is 5.32 Å². The molecule has 0 spiro atoms. The lowest BCUT2D eigenvalue weighted by atomic mass is 10.1. The average Bonchev–Trinajstić information content (AvgIpc) is 2.98. The quantitative estimate of drug-likeness (QED) is 0.767. The monoisotopic (exact) mass is 346 g/mol. The lowest BCUT2D eigenvalue weighted by Gasteiger charge is -2.34. The minimum Gasteiger partial charge on any atom is -0.496 e. The molecule has 25 heavy (non-hydrogen) atoms. The molecule has 2 aliphatic rings. The Morgan fingerprint density at radius 2 is 2.12 bits per heavy atom. The van der Waals surface area contributed by atoms with E-state index in [0.29, 0.717) is 19.5 Å². The van der Waals surface area contributed by atoms with Crippen LogP contribution in [0, 0.1) is 0 Å². The summed E-state index contributed by atoms with van der Waals surface area (Å²) in [5.74, 6) is 0.0185. The molecule has 1 aromatic rings. The van der Waals surface area contributed by atoms with Crippen molar-refractivity contribution >= 4 is 17.8 Å². The summed E-state index contributed by atoms with van der Waals surface area (Å²) in [6.07, 6.45) is 1.45. The molecule has 0 bridgehead atoms. The first kappa shape index (κ1) is 17.1. The van der Waals surface area contributed by atoms with Crippen molar-refractivity contribution in [1.82, 2.24) is 15.1 Å². The molecule has 1 aliphatic heterocycles. The van der Waals surface area contributed by atoms with Crippen LogP contribution in [0.5, 0.6) is 5.75 Å². The van der Waals surface area contributed by atoms with Crippen LogP contribution in [0.15, 0.2) is 18.2 Å². The largest absolute Gasteiger partial charge is 0.496 e. The fourth-order valence-electron chi connectivity index (χ4n) is 3.41. The number of urea groups is 1. The van der Waals surface area contributed by atoms with Crippen LogP contribution in [0.2, 0.25) is 0 Å². The van der Waals surface area contributed by atoms with Crippen molar-refractivity contribution < 1.29 is 19.1 Å². The second-order valence-corrected chi connectivity index (χ2v) is 6.36. The summed E-state index contributed by atoms with van der Waals surface area (Å²) in [6, 6.07) is 5.62. The first-order valence-electron chi connectivity index (χ1n) is 8.24. The minimum absolute atomic E-state index is 0.0162. The van der Waals surface area contributed by atoms with Gasteiger partial charge in [0.05, 0.1) is 13.7 Å². The Hall–Kier alpha value is -2.77. The number of benzene rings is 1. The molecule has 1 unspecified atom stereocenters. The molecule has 0 radical (unpaired) electrons. The Morgan fingerprint density at radius 3 is 2.80 bits per heavy atom. The molecule has 8 nitrogen and oxygen atoms in total. The highest BCUT2D eigenvalue weighted by molar-refractivity contribution is 5.88. The van der Waals surface area contributed by atoms with Crippen molar-refractivity contribution in [3.63, 3.8) is 0 Å². The molecule has 0 saturated carbocycles. The number of hydrogen-bond acceptors (Lipinski definition) is 4. The second kappa shape index (κ2) is 7.00. The Bertz CT molecular complexity index is 706. The summed E-state index contributed by atoms with van der Waals surface area (Å²) in [4.78, 5) is 38.3. The first-order chi connectivity index (χ1) is 12.0. The van der Waals surface area contributed by atoms with Crippen LogP contribution in [0.25, 0.3) is 0 Å². The molecule has 8 heteroatoms. The van der Waals surface area contributed by atoms with Gasteiger partial charge in [-0.1, -0.05) is 12.1 Å². The number of piperazine rings is 1. The molecule has 1 aliphatic carbocycles. The van der Waals surface area contributed by atoms with Crippen molar-refractivity contribution in [2.45, 2.75) is 18.9 Å². The van der Waals surface area contributed by atoms with Crippen molar-refractivity contribution in [1.29, 1.82) is 0 Å². The van der Waals surface area contributed by atoms with Crippen LogP contribution < -0.4 is 15.8 Å². The van der Waals surface area contributed by atoms with Crippen LogP contribution in [0.3, 0.4) is 0 Å². The predicted molar refractivity (Wildman–Crippen MR) is 90.1 cm³/mol. The van der Waals surface area contributed by atoms with Gasteiger partial charge in [0.15, 0.2) is 0 Å². The van der Waals surface area contributed by atoms with Gasteiger partial charge in [-0.15, -0.1) is 0 Å². The Kier molecular flexibility index (Phi) is 4.78. The van der Waals surface area contributed by atoms with Crippen molar-refractivity contribution in [3.8, 4) is 5.75 Å². The zero-order chi connectivity index (χ0) is 18.0. The number of fused-ring (bicyclic) bond motifs is 1. The van der Waals surface area contributed by atoms with Crippen LogP contribution in [0.4, 0.5) is 4.79 Å². The van der Waals surface area contributed by atoms with Gasteiger partial charge in [-0.2, -0.15) is 0 Å². The number of primary amides is 1. The van der Waals surface area contributed by atoms with Crippen molar-refractivity contribution in [2.24, 2.45) is 5.73 Å². The number of nitrogens with zero attached hydrogens (tertiary/aromatic N) is 2. The third-order valence-electron chi connectivity index (χ3n) is 4.65. The van der Waals surface area contributed by atoms with Gasteiger partial charge in [0, 0.05) is 19.1 Å². The van der Waals surface area contributed by atoms with E-state index in [1.165, 1.54) is 15.4 Å². The third kappa shape index (κ3) is 3.67. The van der Waals surface area contributed by atoms with Crippen LogP contribution in [0.1, 0.15) is 11.1 Å².